The molecule has 7 heteroatoms. The van der Waals surface area contributed by atoms with Crippen LogP contribution < -0.4 is 5.32 Å². The predicted molar refractivity (Wildman–Crippen MR) is 73.5 cm³/mol. The van der Waals surface area contributed by atoms with E-state index in [2.05, 4.69) is 15.0 Å². The Morgan fingerprint density at radius 3 is 2.67 bits per heavy atom. The van der Waals surface area contributed by atoms with Gasteiger partial charge in [-0.25, -0.2) is 9.18 Å². The van der Waals surface area contributed by atoms with E-state index in [-0.39, 0.29) is 29.0 Å². The van der Waals surface area contributed by atoms with Crippen LogP contribution in [0.2, 0.25) is 0 Å². The third kappa shape index (κ3) is 2.76. The van der Waals surface area contributed by atoms with Gasteiger partial charge in [-0.1, -0.05) is 0 Å². The average molecular weight is 292 g/mol. The summed E-state index contributed by atoms with van der Waals surface area (Å²) in [6.07, 6.45) is 1.22. The topological polar surface area (TPSA) is 88.3 Å². The van der Waals surface area contributed by atoms with E-state index < -0.39 is 17.6 Å². The second-order valence-corrected chi connectivity index (χ2v) is 4.28. The van der Waals surface area contributed by atoms with Crippen molar-refractivity contribution in [1.29, 1.82) is 0 Å². The van der Waals surface area contributed by atoms with E-state index >= 15 is 0 Å². The smallest absolute Gasteiger partial charge is 0.379 e. The molecule has 0 fully saturated rings. The van der Waals surface area contributed by atoms with E-state index in [0.29, 0.717) is 5.69 Å². The van der Waals surface area contributed by atoms with Crippen molar-refractivity contribution >= 4 is 34.3 Å². The largest absolute Gasteiger partial charge is 0.460 e. The van der Waals surface area contributed by atoms with Crippen molar-refractivity contribution in [2.75, 3.05) is 11.9 Å². The van der Waals surface area contributed by atoms with Crippen molar-refractivity contribution in [3.05, 3.63) is 29.7 Å². The zero-order valence-corrected chi connectivity index (χ0v) is 11.5. The summed E-state index contributed by atoms with van der Waals surface area (Å²) in [4.78, 5) is 37.2. The van der Waals surface area contributed by atoms with E-state index in [1.807, 2.05) is 0 Å². The number of benzene rings is 1. The van der Waals surface area contributed by atoms with Crippen molar-refractivity contribution in [3.63, 3.8) is 0 Å². The fourth-order valence-corrected chi connectivity index (χ4v) is 1.99. The Balaban J connectivity index is 2.55. The monoisotopic (exact) mass is 292 g/mol. The van der Waals surface area contributed by atoms with Gasteiger partial charge in [0.05, 0.1) is 23.4 Å². The third-order valence-corrected chi connectivity index (χ3v) is 2.80. The summed E-state index contributed by atoms with van der Waals surface area (Å²) in [5.74, 6) is -3.01. The van der Waals surface area contributed by atoms with Gasteiger partial charge in [0.2, 0.25) is 5.91 Å². The number of ketones is 1. The molecule has 0 unspecified atom stereocenters. The Hall–Kier alpha value is -2.70. The first-order chi connectivity index (χ1) is 9.95. The first-order valence-electron chi connectivity index (χ1n) is 6.24. The van der Waals surface area contributed by atoms with Crippen molar-refractivity contribution < 1.29 is 23.5 Å². The molecule has 0 aliphatic heterocycles. The Kier molecular flexibility index (Phi) is 4.02. The fourth-order valence-electron chi connectivity index (χ4n) is 1.99. The molecule has 0 saturated carbocycles. The Bertz CT molecular complexity index is 736. The standard InChI is InChI=1S/C14H13FN2O4/c1-3-21-14(20)13(19)8-6-16-12-10(17-7(2)18)5-4-9(15)11(8)12/h4-6,16H,3H2,1-2H3,(H,17,18). The highest BCUT2D eigenvalue weighted by molar-refractivity contribution is 6.43. The maximum atomic E-state index is 14.0. The molecule has 1 aromatic heterocycles. The number of hydrogen-bond donors (Lipinski definition) is 2. The van der Waals surface area contributed by atoms with Gasteiger partial charge in [-0.05, 0) is 19.1 Å². The minimum atomic E-state index is -1.05. The maximum Gasteiger partial charge on any atom is 0.379 e. The molecular weight excluding hydrogens is 279 g/mol. The lowest BCUT2D eigenvalue weighted by Gasteiger charge is -2.05. The molecule has 0 saturated heterocycles. The summed E-state index contributed by atoms with van der Waals surface area (Å²) in [7, 11) is 0. The average Bonchev–Trinajstić information content (AvgIpc) is 2.87. The fraction of sp³-hybridized carbons (Fsp3) is 0.214. The zero-order valence-electron chi connectivity index (χ0n) is 11.5. The molecule has 0 aliphatic rings. The van der Waals surface area contributed by atoms with Crippen LogP contribution in [-0.2, 0) is 14.3 Å². The van der Waals surface area contributed by atoms with Crippen LogP contribution in [0.3, 0.4) is 0 Å². The quantitative estimate of drug-likeness (QED) is 0.512. The second kappa shape index (κ2) is 5.74. The number of amides is 1. The number of hydrogen-bond acceptors (Lipinski definition) is 4. The molecule has 2 N–H and O–H groups in total. The lowest BCUT2D eigenvalue weighted by Crippen LogP contribution is -2.17. The van der Waals surface area contributed by atoms with Crippen molar-refractivity contribution in [2.45, 2.75) is 13.8 Å². The summed E-state index contributed by atoms with van der Waals surface area (Å²) in [5, 5.41) is 2.46. The van der Waals surface area contributed by atoms with E-state index in [0.717, 1.165) is 6.07 Å². The van der Waals surface area contributed by atoms with Crippen LogP contribution in [0.5, 0.6) is 0 Å². The van der Waals surface area contributed by atoms with Gasteiger partial charge in [-0.15, -0.1) is 0 Å². The highest BCUT2D eigenvalue weighted by atomic mass is 19.1. The molecule has 0 bridgehead atoms. The number of carbonyl (C=O) groups excluding carboxylic acids is 3. The van der Waals surface area contributed by atoms with Gasteiger partial charge in [0.25, 0.3) is 5.78 Å². The lowest BCUT2D eigenvalue weighted by atomic mass is 10.1. The SMILES string of the molecule is CCOC(=O)C(=O)c1c[nH]c2c(NC(C)=O)ccc(F)c12. The summed E-state index contributed by atoms with van der Waals surface area (Å²) in [5.41, 5.74) is 0.424. The summed E-state index contributed by atoms with van der Waals surface area (Å²) in [6.45, 7) is 2.92. The lowest BCUT2D eigenvalue weighted by molar-refractivity contribution is -0.137. The number of H-pyrrole nitrogens is 1. The Morgan fingerprint density at radius 1 is 1.33 bits per heavy atom. The number of halogens is 1. The number of nitrogens with one attached hydrogen (secondary N) is 2. The van der Waals surface area contributed by atoms with Crippen LogP contribution >= 0.6 is 0 Å². The highest BCUT2D eigenvalue weighted by Gasteiger charge is 2.24. The zero-order chi connectivity index (χ0) is 15.6. The first kappa shape index (κ1) is 14.7. The highest BCUT2D eigenvalue weighted by Crippen LogP contribution is 2.28. The summed E-state index contributed by atoms with van der Waals surface area (Å²) in [6, 6.07) is 2.48. The van der Waals surface area contributed by atoms with Crippen LogP contribution in [0.4, 0.5) is 10.1 Å². The number of rotatable bonds is 4. The molecule has 21 heavy (non-hydrogen) atoms. The van der Waals surface area contributed by atoms with Crippen LogP contribution in [0, 0.1) is 5.82 Å². The van der Waals surface area contributed by atoms with Gasteiger partial charge in [0.15, 0.2) is 0 Å². The normalized spacial score (nSPS) is 10.4. The van der Waals surface area contributed by atoms with Crippen LogP contribution in [-0.4, -0.2) is 29.3 Å². The maximum absolute atomic E-state index is 14.0. The number of carbonyl (C=O) groups is 3. The van der Waals surface area contributed by atoms with Gasteiger partial charge < -0.3 is 15.0 Å². The van der Waals surface area contributed by atoms with E-state index in [9.17, 15) is 18.8 Å². The minimum Gasteiger partial charge on any atom is -0.460 e. The number of esters is 1. The number of aromatic amines is 1. The predicted octanol–water partition coefficient (Wildman–Crippen LogP) is 2.01. The molecule has 110 valence electrons. The van der Waals surface area contributed by atoms with Gasteiger partial charge in [-0.2, -0.15) is 0 Å². The molecule has 0 spiro atoms. The summed E-state index contributed by atoms with van der Waals surface area (Å²) >= 11 is 0. The molecule has 6 nitrogen and oxygen atoms in total. The molecule has 0 aliphatic carbocycles. The molecule has 1 aromatic carbocycles. The molecule has 2 rings (SSSR count). The Morgan fingerprint density at radius 2 is 2.05 bits per heavy atom. The molecule has 1 heterocycles. The van der Waals surface area contributed by atoms with Crippen LogP contribution in [0.25, 0.3) is 10.9 Å². The van der Waals surface area contributed by atoms with E-state index in [4.69, 9.17) is 0 Å². The summed E-state index contributed by atoms with van der Waals surface area (Å²) < 4.78 is 18.6. The minimum absolute atomic E-state index is 0.0482. The number of fused-ring (bicyclic) bond motifs is 1. The molecular formula is C14H13FN2O4. The van der Waals surface area contributed by atoms with Crippen LogP contribution in [0.1, 0.15) is 24.2 Å². The van der Waals surface area contributed by atoms with E-state index in [1.165, 1.54) is 19.2 Å². The van der Waals surface area contributed by atoms with Gasteiger partial charge in [0.1, 0.15) is 5.82 Å². The molecule has 0 radical (unpaired) electrons. The third-order valence-electron chi connectivity index (χ3n) is 2.80. The van der Waals surface area contributed by atoms with E-state index in [1.54, 1.807) is 6.92 Å². The first-order valence-corrected chi connectivity index (χ1v) is 6.24. The van der Waals surface area contributed by atoms with Crippen molar-refractivity contribution in [2.24, 2.45) is 0 Å². The van der Waals surface area contributed by atoms with Gasteiger partial charge in [0, 0.05) is 18.5 Å². The molecule has 2 aromatic rings. The number of anilines is 1. The number of aromatic nitrogens is 1. The van der Waals surface area contributed by atoms with Gasteiger partial charge in [-0.3, -0.25) is 9.59 Å². The number of ether oxygens (including phenoxy) is 1. The molecule has 0 atom stereocenters. The van der Waals surface area contributed by atoms with Crippen LogP contribution in [0.15, 0.2) is 18.3 Å². The van der Waals surface area contributed by atoms with Crippen molar-refractivity contribution in [1.82, 2.24) is 4.98 Å². The Labute approximate surface area is 119 Å². The molecule has 1 amide bonds. The second-order valence-electron chi connectivity index (χ2n) is 4.28. The number of Topliss-reactive ketones (excluding diaryl/α,β-unsaturated/α-hetero) is 1. The van der Waals surface area contributed by atoms with Gasteiger partial charge >= 0.3 is 5.97 Å². The van der Waals surface area contributed by atoms with Crippen molar-refractivity contribution in [3.8, 4) is 0 Å².